The van der Waals surface area contributed by atoms with Crippen molar-refractivity contribution in [3.05, 3.63) is 59.7 Å². The predicted molar refractivity (Wildman–Crippen MR) is 119 cm³/mol. The number of carbonyl (C=O) groups excluding carboxylic acids is 2. The maximum atomic E-state index is 11.8. The average Bonchev–Trinajstić information content (AvgIpc) is 2.57. The molecule has 0 spiro atoms. The van der Waals surface area contributed by atoms with E-state index in [1.165, 1.54) is 23.5 Å². The van der Waals surface area contributed by atoms with Crippen LogP contribution in [-0.4, -0.2) is 21.0 Å². The summed E-state index contributed by atoms with van der Waals surface area (Å²) in [7, 11) is 0. The van der Waals surface area contributed by atoms with Gasteiger partial charge in [-0.15, -0.1) is 0 Å². The smallest absolute Gasteiger partial charge is 0.283 e. The minimum absolute atomic E-state index is 0.0361. The van der Waals surface area contributed by atoms with Crippen molar-refractivity contribution in [2.75, 3.05) is 10.6 Å². The van der Waals surface area contributed by atoms with Crippen LogP contribution in [0.2, 0.25) is 0 Å². The zero-order chi connectivity index (χ0) is 19.8. The number of hydrogen-bond donors (Lipinski definition) is 2. The number of anilines is 2. The van der Waals surface area contributed by atoms with Crippen molar-refractivity contribution >= 4 is 45.4 Å². The van der Waals surface area contributed by atoms with Crippen LogP contribution in [0.3, 0.4) is 0 Å². The third kappa shape index (κ3) is 8.10. The minimum Gasteiger partial charge on any atom is -0.317 e. The van der Waals surface area contributed by atoms with Crippen molar-refractivity contribution in [1.29, 1.82) is 0 Å². The molecule has 0 radical (unpaired) electrons. The maximum Gasteiger partial charge on any atom is 0.283 e. The second-order valence-electron chi connectivity index (χ2n) is 6.73. The average molecular weight is 403 g/mol. The molecule has 4 nitrogen and oxygen atoms in total. The van der Waals surface area contributed by atoms with Crippen molar-refractivity contribution in [1.82, 2.24) is 0 Å². The highest BCUT2D eigenvalue weighted by Crippen LogP contribution is 2.19. The van der Waals surface area contributed by atoms with Crippen LogP contribution in [-0.2, 0) is 6.42 Å². The van der Waals surface area contributed by atoms with Gasteiger partial charge < -0.3 is 10.6 Å². The van der Waals surface area contributed by atoms with Gasteiger partial charge >= 0.3 is 0 Å². The summed E-state index contributed by atoms with van der Waals surface area (Å²) in [6.45, 7) is 7.97. The van der Waals surface area contributed by atoms with E-state index in [1.807, 2.05) is 76.2 Å². The lowest BCUT2D eigenvalue weighted by Gasteiger charge is -2.09. The second-order valence-corrected chi connectivity index (χ2v) is 9.83. The van der Waals surface area contributed by atoms with Gasteiger partial charge in [-0.2, -0.15) is 0 Å². The lowest BCUT2D eigenvalue weighted by Crippen LogP contribution is -2.08. The molecule has 2 amide bonds. The molecule has 144 valence electrons. The van der Waals surface area contributed by atoms with Crippen LogP contribution < -0.4 is 10.6 Å². The van der Waals surface area contributed by atoms with Crippen LogP contribution in [0.5, 0.6) is 0 Å². The van der Waals surface area contributed by atoms with E-state index in [9.17, 15) is 9.59 Å². The van der Waals surface area contributed by atoms with Crippen molar-refractivity contribution in [2.45, 2.75) is 44.6 Å². The molecule has 2 N–H and O–H groups in total. The monoisotopic (exact) mass is 402 g/mol. The van der Waals surface area contributed by atoms with Gasteiger partial charge in [0.25, 0.3) is 10.5 Å². The van der Waals surface area contributed by atoms with E-state index in [0.717, 1.165) is 28.9 Å². The molecule has 0 unspecified atom stereocenters. The van der Waals surface area contributed by atoms with Crippen LogP contribution in [0.4, 0.5) is 21.0 Å². The molecule has 27 heavy (non-hydrogen) atoms. The summed E-state index contributed by atoms with van der Waals surface area (Å²) in [4.78, 5) is 23.6. The molecule has 2 aromatic rings. The van der Waals surface area contributed by atoms with Crippen LogP contribution in [0.15, 0.2) is 48.5 Å². The minimum atomic E-state index is -0.0361. The molecule has 0 bridgehead atoms. The quantitative estimate of drug-likeness (QED) is 0.570. The molecule has 0 aliphatic heterocycles. The Hall–Kier alpha value is -1.92. The summed E-state index contributed by atoms with van der Waals surface area (Å²) in [5, 5.41) is 6.23. The summed E-state index contributed by atoms with van der Waals surface area (Å²) < 4.78 is 0. The molecule has 0 fully saturated rings. The van der Waals surface area contributed by atoms with Gasteiger partial charge in [0.2, 0.25) is 0 Å². The first-order chi connectivity index (χ1) is 12.8. The second kappa shape index (κ2) is 10.4. The fourth-order valence-electron chi connectivity index (χ4n) is 2.37. The first kappa shape index (κ1) is 21.4. The molecule has 0 saturated heterocycles. The van der Waals surface area contributed by atoms with Crippen LogP contribution in [0, 0.1) is 0 Å². The Morgan fingerprint density at radius 1 is 0.704 bits per heavy atom. The fraction of sp³-hybridized carbons (Fsp3) is 0.333. The van der Waals surface area contributed by atoms with E-state index in [4.69, 9.17) is 0 Å². The van der Waals surface area contributed by atoms with Crippen LogP contribution in [0.25, 0.3) is 0 Å². The molecule has 6 heteroatoms. The van der Waals surface area contributed by atoms with Crippen molar-refractivity contribution in [2.24, 2.45) is 0 Å². The molecular weight excluding hydrogens is 376 g/mol. The Morgan fingerprint density at radius 3 is 1.33 bits per heavy atom. The fourth-order valence-corrected chi connectivity index (χ4v) is 3.58. The summed E-state index contributed by atoms with van der Waals surface area (Å²) in [6, 6.07) is 15.8. The Bertz CT molecular complexity index is 691. The van der Waals surface area contributed by atoms with Crippen molar-refractivity contribution < 1.29 is 9.59 Å². The SMILES string of the molecule is CC(C)SC(=O)Nc1ccc(Cc2ccc(NC(=O)SC(C)C)cc2)cc1. The van der Waals surface area contributed by atoms with Gasteiger partial charge in [0.15, 0.2) is 0 Å². The van der Waals surface area contributed by atoms with Gasteiger partial charge in [0, 0.05) is 21.9 Å². The number of benzene rings is 2. The number of amides is 2. The molecule has 0 aromatic heterocycles. The molecule has 0 aliphatic carbocycles. The Morgan fingerprint density at radius 2 is 1.04 bits per heavy atom. The third-order valence-electron chi connectivity index (χ3n) is 3.49. The number of nitrogens with one attached hydrogen (secondary N) is 2. The van der Waals surface area contributed by atoms with Gasteiger partial charge in [-0.1, -0.05) is 75.5 Å². The summed E-state index contributed by atoms with van der Waals surface area (Å²) in [5.41, 5.74) is 3.93. The normalized spacial score (nSPS) is 10.9. The highest BCUT2D eigenvalue weighted by molar-refractivity contribution is 8.14. The standard InChI is InChI=1S/C21H26N2O2S2/c1-14(2)26-20(24)22-18-9-5-16(6-10-18)13-17-7-11-19(12-8-17)23-21(25)27-15(3)4/h5-12,14-15H,13H2,1-4H3,(H,22,24)(H,23,25). The van der Waals surface area contributed by atoms with Gasteiger partial charge in [-0.25, -0.2) is 0 Å². The molecule has 2 rings (SSSR count). The van der Waals surface area contributed by atoms with Crippen LogP contribution >= 0.6 is 23.5 Å². The maximum absolute atomic E-state index is 11.8. The molecule has 0 atom stereocenters. The Labute approximate surface area is 169 Å². The van der Waals surface area contributed by atoms with Gasteiger partial charge in [0.1, 0.15) is 0 Å². The van der Waals surface area contributed by atoms with E-state index in [-0.39, 0.29) is 21.0 Å². The van der Waals surface area contributed by atoms with Crippen molar-refractivity contribution in [3.8, 4) is 0 Å². The Kier molecular flexibility index (Phi) is 8.25. The Balaban J connectivity index is 1.89. The van der Waals surface area contributed by atoms with Gasteiger partial charge in [0.05, 0.1) is 0 Å². The molecule has 0 heterocycles. The largest absolute Gasteiger partial charge is 0.317 e. The molecular formula is C21H26N2O2S2. The first-order valence-corrected chi connectivity index (χ1v) is 10.7. The van der Waals surface area contributed by atoms with Gasteiger partial charge in [-0.3, -0.25) is 9.59 Å². The van der Waals surface area contributed by atoms with Crippen molar-refractivity contribution in [3.63, 3.8) is 0 Å². The van der Waals surface area contributed by atoms with Crippen LogP contribution in [0.1, 0.15) is 38.8 Å². The topological polar surface area (TPSA) is 58.2 Å². The zero-order valence-corrected chi connectivity index (χ0v) is 17.7. The number of thioether (sulfide) groups is 2. The third-order valence-corrected chi connectivity index (χ3v) is 5.07. The summed E-state index contributed by atoms with van der Waals surface area (Å²) in [6.07, 6.45) is 0.796. The lowest BCUT2D eigenvalue weighted by atomic mass is 10.0. The zero-order valence-electron chi connectivity index (χ0n) is 16.1. The summed E-state index contributed by atoms with van der Waals surface area (Å²) >= 11 is 2.57. The highest BCUT2D eigenvalue weighted by atomic mass is 32.2. The molecule has 0 aliphatic rings. The molecule has 0 saturated carbocycles. The van der Waals surface area contributed by atoms with E-state index >= 15 is 0 Å². The first-order valence-electron chi connectivity index (χ1n) is 8.95. The predicted octanol–water partition coefficient (Wildman–Crippen LogP) is 6.62. The number of rotatable bonds is 6. The summed E-state index contributed by atoms with van der Waals surface area (Å²) in [5.74, 6) is 0. The van der Waals surface area contributed by atoms with E-state index < -0.39 is 0 Å². The van der Waals surface area contributed by atoms with E-state index in [0.29, 0.717) is 0 Å². The van der Waals surface area contributed by atoms with E-state index in [1.54, 1.807) is 0 Å². The molecule has 2 aromatic carbocycles. The lowest BCUT2D eigenvalue weighted by molar-refractivity contribution is 0.269. The highest BCUT2D eigenvalue weighted by Gasteiger charge is 2.07. The number of carbonyl (C=O) groups is 2. The van der Waals surface area contributed by atoms with Gasteiger partial charge in [-0.05, 0) is 41.8 Å². The number of hydrogen-bond acceptors (Lipinski definition) is 4. The van der Waals surface area contributed by atoms with E-state index in [2.05, 4.69) is 10.6 Å².